The van der Waals surface area contributed by atoms with Crippen LogP contribution in [0, 0.1) is 0 Å². The summed E-state index contributed by atoms with van der Waals surface area (Å²) in [7, 11) is 0. The molecule has 0 spiro atoms. The molecule has 0 aliphatic carbocycles. The molecular formula is C17H19N3O3. The minimum Gasteiger partial charge on any atom is -0.490 e. The highest BCUT2D eigenvalue weighted by Crippen LogP contribution is 2.22. The third-order valence-corrected chi connectivity index (χ3v) is 3.79. The number of hydrogen-bond acceptors (Lipinski definition) is 4. The van der Waals surface area contributed by atoms with E-state index in [1.807, 2.05) is 42.5 Å². The maximum absolute atomic E-state index is 10.9. The molecule has 0 unspecified atom stereocenters. The van der Waals surface area contributed by atoms with Crippen molar-refractivity contribution in [3.63, 3.8) is 0 Å². The molecule has 2 aromatic rings. The molecule has 1 aliphatic rings. The van der Waals surface area contributed by atoms with Gasteiger partial charge in [-0.05, 0) is 18.2 Å². The van der Waals surface area contributed by atoms with Crippen LogP contribution in [0.5, 0.6) is 5.75 Å². The average Bonchev–Trinajstić information content (AvgIpc) is 2.57. The first-order valence-corrected chi connectivity index (χ1v) is 7.63. The smallest absolute Gasteiger partial charge is 0.407 e. The zero-order valence-electron chi connectivity index (χ0n) is 12.7. The Balaban J connectivity index is 1.59. The molecule has 1 aromatic carbocycles. The zero-order valence-corrected chi connectivity index (χ0v) is 12.7. The molecule has 0 atom stereocenters. The van der Waals surface area contributed by atoms with Gasteiger partial charge in [-0.25, -0.2) is 9.78 Å². The van der Waals surface area contributed by atoms with Gasteiger partial charge in [-0.2, -0.15) is 0 Å². The highest BCUT2D eigenvalue weighted by Gasteiger charge is 2.23. The predicted octanol–water partition coefficient (Wildman–Crippen LogP) is 3.35. The van der Waals surface area contributed by atoms with E-state index in [0.717, 1.165) is 17.3 Å². The lowest BCUT2D eigenvalue weighted by Crippen LogP contribution is -2.41. The lowest BCUT2D eigenvalue weighted by molar-refractivity contribution is 0.0895. The Kier molecular flexibility index (Phi) is 4.61. The lowest BCUT2D eigenvalue weighted by atomic mass is 10.1. The Morgan fingerprint density at radius 2 is 1.96 bits per heavy atom. The van der Waals surface area contributed by atoms with E-state index < -0.39 is 6.09 Å². The Bertz CT molecular complexity index is 655. The predicted molar refractivity (Wildman–Crippen MR) is 87.2 cm³/mol. The average molecular weight is 313 g/mol. The van der Waals surface area contributed by atoms with Crippen LogP contribution in [0.4, 0.5) is 16.3 Å². The lowest BCUT2D eigenvalue weighted by Gasteiger charge is -2.30. The van der Waals surface area contributed by atoms with Gasteiger partial charge in [-0.15, -0.1) is 0 Å². The second-order valence-electron chi connectivity index (χ2n) is 5.45. The van der Waals surface area contributed by atoms with E-state index in [1.165, 1.54) is 4.90 Å². The first-order valence-electron chi connectivity index (χ1n) is 7.63. The number of likely N-dealkylation sites (tertiary alicyclic amines) is 1. The molecule has 120 valence electrons. The fourth-order valence-electron chi connectivity index (χ4n) is 2.58. The van der Waals surface area contributed by atoms with Crippen LogP contribution in [0.25, 0.3) is 0 Å². The van der Waals surface area contributed by atoms with Crippen molar-refractivity contribution in [2.45, 2.75) is 18.9 Å². The fourth-order valence-corrected chi connectivity index (χ4v) is 2.58. The number of carbonyl (C=O) groups is 1. The number of ether oxygens (including phenoxy) is 1. The van der Waals surface area contributed by atoms with Gasteiger partial charge in [0.05, 0.1) is 0 Å². The van der Waals surface area contributed by atoms with Crippen LogP contribution < -0.4 is 10.1 Å². The molecule has 1 aliphatic heterocycles. The Morgan fingerprint density at radius 1 is 1.22 bits per heavy atom. The van der Waals surface area contributed by atoms with Crippen molar-refractivity contribution in [1.82, 2.24) is 9.88 Å². The van der Waals surface area contributed by atoms with Gasteiger partial charge in [-0.1, -0.05) is 18.2 Å². The van der Waals surface area contributed by atoms with Crippen molar-refractivity contribution < 1.29 is 14.6 Å². The first kappa shape index (κ1) is 15.1. The summed E-state index contributed by atoms with van der Waals surface area (Å²) in [6.07, 6.45) is 2.29. The molecule has 1 amide bonds. The summed E-state index contributed by atoms with van der Waals surface area (Å²) in [4.78, 5) is 16.6. The maximum atomic E-state index is 10.9. The van der Waals surface area contributed by atoms with Crippen LogP contribution in [0.2, 0.25) is 0 Å². The quantitative estimate of drug-likeness (QED) is 0.905. The van der Waals surface area contributed by atoms with Gasteiger partial charge in [0.2, 0.25) is 0 Å². The molecule has 1 aromatic heterocycles. The van der Waals surface area contributed by atoms with E-state index in [0.29, 0.717) is 25.9 Å². The summed E-state index contributed by atoms with van der Waals surface area (Å²) in [5.74, 6) is 1.46. The van der Waals surface area contributed by atoms with Gasteiger partial charge in [-0.3, -0.25) is 0 Å². The number of amides is 1. The number of anilines is 2. The van der Waals surface area contributed by atoms with Crippen LogP contribution in [-0.4, -0.2) is 40.3 Å². The summed E-state index contributed by atoms with van der Waals surface area (Å²) in [5.41, 5.74) is 0.965. The molecule has 0 bridgehead atoms. The first-order chi connectivity index (χ1) is 11.2. The van der Waals surface area contributed by atoms with Gasteiger partial charge in [0.1, 0.15) is 17.7 Å². The molecular weight excluding hydrogens is 294 g/mol. The maximum Gasteiger partial charge on any atom is 0.407 e. The highest BCUT2D eigenvalue weighted by molar-refractivity contribution is 5.65. The van der Waals surface area contributed by atoms with Crippen molar-refractivity contribution in [3.05, 3.63) is 48.7 Å². The number of nitrogens with one attached hydrogen (secondary N) is 1. The van der Waals surface area contributed by atoms with Crippen LogP contribution in [-0.2, 0) is 0 Å². The van der Waals surface area contributed by atoms with Gasteiger partial charge < -0.3 is 20.1 Å². The van der Waals surface area contributed by atoms with Crippen molar-refractivity contribution >= 4 is 17.6 Å². The normalized spacial score (nSPS) is 15.2. The minimum atomic E-state index is -0.860. The van der Waals surface area contributed by atoms with Crippen molar-refractivity contribution in [3.8, 4) is 5.75 Å². The van der Waals surface area contributed by atoms with Crippen LogP contribution >= 0.6 is 0 Å². The number of hydrogen-bond donors (Lipinski definition) is 2. The summed E-state index contributed by atoms with van der Waals surface area (Å²) in [5, 5.41) is 12.2. The Labute approximate surface area is 134 Å². The zero-order chi connectivity index (χ0) is 16.1. The third-order valence-electron chi connectivity index (χ3n) is 3.79. The molecule has 3 rings (SSSR count). The number of rotatable bonds is 4. The van der Waals surface area contributed by atoms with Gasteiger partial charge >= 0.3 is 6.09 Å². The molecule has 6 heteroatoms. The van der Waals surface area contributed by atoms with Crippen molar-refractivity contribution in [2.75, 3.05) is 18.4 Å². The molecule has 1 saturated heterocycles. The largest absolute Gasteiger partial charge is 0.490 e. The van der Waals surface area contributed by atoms with E-state index in [1.54, 1.807) is 6.20 Å². The second kappa shape index (κ2) is 7.00. The summed E-state index contributed by atoms with van der Waals surface area (Å²) >= 11 is 0. The molecule has 2 heterocycles. The topological polar surface area (TPSA) is 74.7 Å². The number of aromatic nitrogens is 1. The monoisotopic (exact) mass is 313 g/mol. The van der Waals surface area contributed by atoms with E-state index in [2.05, 4.69) is 10.3 Å². The third kappa shape index (κ3) is 4.12. The molecule has 0 radical (unpaired) electrons. The fraction of sp³-hybridized carbons (Fsp3) is 0.294. The molecule has 2 N–H and O–H groups in total. The SMILES string of the molecule is O=C(O)N1CCC(Oc2ccnc(Nc3ccccc3)c2)CC1. The molecule has 23 heavy (non-hydrogen) atoms. The summed E-state index contributed by atoms with van der Waals surface area (Å²) in [6.45, 7) is 1.03. The van der Waals surface area contributed by atoms with Gasteiger partial charge in [0.15, 0.2) is 0 Å². The second-order valence-corrected chi connectivity index (χ2v) is 5.45. The van der Waals surface area contributed by atoms with Gasteiger partial charge in [0.25, 0.3) is 0 Å². The van der Waals surface area contributed by atoms with E-state index >= 15 is 0 Å². The number of pyridine rings is 1. The number of piperidine rings is 1. The van der Waals surface area contributed by atoms with Crippen molar-refractivity contribution in [1.29, 1.82) is 0 Å². The summed E-state index contributed by atoms with van der Waals surface area (Å²) in [6, 6.07) is 13.5. The minimum absolute atomic E-state index is 0.0394. The number of para-hydroxylation sites is 1. The number of nitrogens with zero attached hydrogens (tertiary/aromatic N) is 2. The van der Waals surface area contributed by atoms with Crippen LogP contribution in [0.1, 0.15) is 12.8 Å². The van der Waals surface area contributed by atoms with Crippen LogP contribution in [0.15, 0.2) is 48.7 Å². The van der Waals surface area contributed by atoms with E-state index in [9.17, 15) is 4.79 Å². The number of benzene rings is 1. The molecule has 1 fully saturated rings. The summed E-state index contributed by atoms with van der Waals surface area (Å²) < 4.78 is 5.96. The highest BCUT2D eigenvalue weighted by atomic mass is 16.5. The van der Waals surface area contributed by atoms with Crippen LogP contribution in [0.3, 0.4) is 0 Å². The number of carboxylic acid groups (broad SMARTS) is 1. The Morgan fingerprint density at radius 3 is 2.65 bits per heavy atom. The van der Waals surface area contributed by atoms with Crippen molar-refractivity contribution in [2.24, 2.45) is 0 Å². The van der Waals surface area contributed by atoms with E-state index in [-0.39, 0.29) is 6.10 Å². The van der Waals surface area contributed by atoms with E-state index in [4.69, 9.17) is 9.84 Å². The molecule has 6 nitrogen and oxygen atoms in total. The molecule has 0 saturated carbocycles. The van der Waals surface area contributed by atoms with Gasteiger partial charge in [0, 0.05) is 43.9 Å². The standard InChI is InChI=1S/C17H19N3O3/c21-17(22)20-10-7-14(8-11-20)23-15-6-9-18-16(12-15)19-13-4-2-1-3-5-13/h1-6,9,12,14H,7-8,10-11H2,(H,18,19)(H,21,22). The Hall–Kier alpha value is -2.76.